The summed E-state index contributed by atoms with van der Waals surface area (Å²) in [7, 11) is 0. The summed E-state index contributed by atoms with van der Waals surface area (Å²) in [6, 6.07) is 9.08. The third-order valence-corrected chi connectivity index (χ3v) is 4.71. The van der Waals surface area contributed by atoms with Gasteiger partial charge in [-0.2, -0.15) is 0 Å². The fourth-order valence-electron chi connectivity index (χ4n) is 3.21. The molecule has 0 saturated carbocycles. The number of benzene rings is 1. The highest BCUT2D eigenvalue weighted by Gasteiger charge is 2.53. The molecular weight excluding hydrogens is 360 g/mol. The first-order chi connectivity index (χ1) is 11.1. The van der Waals surface area contributed by atoms with E-state index in [9.17, 15) is 9.59 Å². The smallest absolute Gasteiger partial charge is 0.239 e. The van der Waals surface area contributed by atoms with Gasteiger partial charge in [0.25, 0.3) is 0 Å². The molecule has 3 heterocycles. The van der Waals surface area contributed by atoms with Gasteiger partial charge in [-0.1, -0.05) is 18.2 Å². The van der Waals surface area contributed by atoms with Crippen molar-refractivity contribution >= 4 is 39.4 Å². The number of fused-ring (bicyclic) bond motifs is 1. The lowest BCUT2D eigenvalue weighted by Gasteiger charge is -2.20. The molecule has 0 aliphatic carbocycles. The van der Waals surface area contributed by atoms with Gasteiger partial charge in [0.05, 0.1) is 22.0 Å². The van der Waals surface area contributed by atoms with Crippen LogP contribution in [0.25, 0.3) is 0 Å². The molecule has 2 aromatic rings. The molecule has 0 bridgehead atoms. The molecule has 0 radical (unpaired) electrons. The van der Waals surface area contributed by atoms with E-state index in [1.807, 2.05) is 23.1 Å². The molecular formula is C16H13BrN4O2. The van der Waals surface area contributed by atoms with E-state index in [4.69, 9.17) is 0 Å². The minimum atomic E-state index is -0.324. The van der Waals surface area contributed by atoms with Gasteiger partial charge >= 0.3 is 0 Å². The number of halogens is 1. The first-order valence-corrected chi connectivity index (χ1v) is 8.10. The highest BCUT2D eigenvalue weighted by atomic mass is 79.9. The summed E-state index contributed by atoms with van der Waals surface area (Å²) < 4.78 is 0.794. The molecule has 7 heteroatoms. The number of amides is 2. The van der Waals surface area contributed by atoms with Crippen LogP contribution in [0.2, 0.25) is 0 Å². The lowest BCUT2D eigenvalue weighted by molar-refractivity contribution is -0.122. The Kier molecular flexibility index (Phi) is 3.37. The largest absolute Gasteiger partial charge is 0.339 e. The number of para-hydroxylation sites is 1. The van der Waals surface area contributed by atoms with Crippen molar-refractivity contribution in [3.8, 4) is 0 Å². The number of aromatic nitrogens is 2. The minimum absolute atomic E-state index is 0.134. The number of rotatable bonds is 2. The summed E-state index contributed by atoms with van der Waals surface area (Å²) in [5.74, 6) is -0.365. The van der Waals surface area contributed by atoms with Crippen molar-refractivity contribution in [3.05, 3.63) is 47.2 Å². The van der Waals surface area contributed by atoms with Crippen molar-refractivity contribution in [1.82, 2.24) is 9.97 Å². The van der Waals surface area contributed by atoms with Crippen LogP contribution in [0, 0.1) is 11.8 Å². The molecule has 1 aromatic heterocycles. The molecule has 2 amide bonds. The van der Waals surface area contributed by atoms with Crippen LogP contribution in [0.5, 0.6) is 0 Å². The maximum absolute atomic E-state index is 12.7. The topological polar surface area (TPSA) is 66.4 Å². The van der Waals surface area contributed by atoms with Crippen molar-refractivity contribution in [1.29, 1.82) is 0 Å². The number of hydrogen-bond donors (Lipinski definition) is 0. The van der Waals surface area contributed by atoms with Crippen molar-refractivity contribution in [3.63, 3.8) is 0 Å². The summed E-state index contributed by atoms with van der Waals surface area (Å²) in [4.78, 5) is 37.0. The molecule has 2 atom stereocenters. The van der Waals surface area contributed by atoms with Gasteiger partial charge in [-0.25, -0.2) is 14.9 Å². The van der Waals surface area contributed by atoms with Crippen LogP contribution < -0.4 is 9.80 Å². The lowest BCUT2D eigenvalue weighted by atomic mass is 10.00. The summed E-state index contributed by atoms with van der Waals surface area (Å²) in [6.45, 7) is 0.945. The van der Waals surface area contributed by atoms with E-state index in [0.29, 0.717) is 24.7 Å². The molecule has 2 fully saturated rings. The van der Waals surface area contributed by atoms with Gasteiger partial charge < -0.3 is 4.90 Å². The molecule has 4 rings (SSSR count). The minimum Gasteiger partial charge on any atom is -0.339 e. The number of anilines is 2. The average Bonchev–Trinajstić information content (AvgIpc) is 3.10. The Bertz CT molecular complexity index is 741. The predicted octanol–water partition coefficient (Wildman–Crippen LogP) is 1.86. The Morgan fingerprint density at radius 1 is 0.957 bits per heavy atom. The van der Waals surface area contributed by atoms with Crippen LogP contribution in [-0.4, -0.2) is 34.9 Å². The third-order valence-electron chi connectivity index (χ3n) is 4.30. The highest BCUT2D eigenvalue weighted by molar-refractivity contribution is 9.10. The first-order valence-electron chi connectivity index (χ1n) is 7.30. The zero-order chi connectivity index (χ0) is 16.0. The Hall–Kier alpha value is -2.28. The molecule has 2 aliphatic heterocycles. The van der Waals surface area contributed by atoms with Gasteiger partial charge in [-0.3, -0.25) is 9.59 Å². The van der Waals surface area contributed by atoms with Crippen LogP contribution in [0.1, 0.15) is 0 Å². The zero-order valence-electron chi connectivity index (χ0n) is 12.1. The van der Waals surface area contributed by atoms with Gasteiger partial charge in [0.1, 0.15) is 0 Å². The second-order valence-electron chi connectivity index (χ2n) is 5.67. The van der Waals surface area contributed by atoms with E-state index in [1.165, 1.54) is 4.90 Å². The van der Waals surface area contributed by atoms with Gasteiger partial charge in [-0.05, 0) is 28.1 Å². The highest BCUT2D eigenvalue weighted by Crippen LogP contribution is 2.37. The SMILES string of the molecule is O=C1C2CN(c3ncc(Br)cn3)CC2C(=O)N1c1ccccc1. The van der Waals surface area contributed by atoms with Gasteiger partial charge in [-0.15, -0.1) is 0 Å². The Morgan fingerprint density at radius 2 is 1.52 bits per heavy atom. The molecule has 23 heavy (non-hydrogen) atoms. The Labute approximate surface area is 141 Å². The van der Waals surface area contributed by atoms with Crippen LogP contribution in [0.4, 0.5) is 11.6 Å². The monoisotopic (exact) mass is 372 g/mol. The van der Waals surface area contributed by atoms with E-state index in [0.717, 1.165) is 4.47 Å². The molecule has 2 aliphatic rings. The van der Waals surface area contributed by atoms with E-state index >= 15 is 0 Å². The predicted molar refractivity (Wildman–Crippen MR) is 87.9 cm³/mol. The second kappa shape index (κ2) is 5.42. The van der Waals surface area contributed by atoms with Crippen molar-refractivity contribution in [2.75, 3.05) is 22.9 Å². The quantitative estimate of drug-likeness (QED) is 0.752. The first kappa shape index (κ1) is 14.3. The van der Waals surface area contributed by atoms with Crippen molar-refractivity contribution in [2.45, 2.75) is 0 Å². The van der Waals surface area contributed by atoms with Gasteiger partial charge in [0.2, 0.25) is 17.8 Å². The molecule has 0 spiro atoms. The summed E-state index contributed by atoms with van der Waals surface area (Å²) in [6.07, 6.45) is 3.33. The molecule has 1 aromatic carbocycles. The van der Waals surface area contributed by atoms with Crippen LogP contribution >= 0.6 is 15.9 Å². The number of carbonyl (C=O) groups is 2. The second-order valence-corrected chi connectivity index (χ2v) is 6.58. The van der Waals surface area contributed by atoms with Crippen molar-refractivity contribution in [2.24, 2.45) is 11.8 Å². The molecule has 0 N–H and O–H groups in total. The molecule has 116 valence electrons. The summed E-state index contributed by atoms with van der Waals surface area (Å²) >= 11 is 3.30. The summed E-state index contributed by atoms with van der Waals surface area (Å²) in [5, 5.41) is 0. The average molecular weight is 373 g/mol. The third kappa shape index (κ3) is 2.31. The van der Waals surface area contributed by atoms with E-state index < -0.39 is 0 Å². The maximum Gasteiger partial charge on any atom is 0.239 e. The van der Waals surface area contributed by atoms with Crippen molar-refractivity contribution < 1.29 is 9.59 Å². The number of hydrogen-bond acceptors (Lipinski definition) is 5. The van der Waals surface area contributed by atoms with Crippen LogP contribution in [0.3, 0.4) is 0 Å². The lowest BCUT2D eigenvalue weighted by Crippen LogP contribution is -2.36. The van der Waals surface area contributed by atoms with Gasteiger partial charge in [0, 0.05) is 25.5 Å². The number of nitrogens with zero attached hydrogens (tertiary/aromatic N) is 4. The zero-order valence-corrected chi connectivity index (χ0v) is 13.7. The Balaban J connectivity index is 1.58. The fraction of sp³-hybridized carbons (Fsp3) is 0.250. The molecule has 2 saturated heterocycles. The van der Waals surface area contributed by atoms with E-state index in [-0.39, 0.29) is 23.7 Å². The van der Waals surface area contributed by atoms with E-state index in [2.05, 4.69) is 25.9 Å². The van der Waals surface area contributed by atoms with Gasteiger partial charge in [0.15, 0.2) is 0 Å². The molecule has 2 unspecified atom stereocenters. The number of carbonyl (C=O) groups excluding carboxylic acids is 2. The maximum atomic E-state index is 12.7. The molecule has 6 nitrogen and oxygen atoms in total. The number of imide groups is 1. The van der Waals surface area contributed by atoms with Crippen LogP contribution in [-0.2, 0) is 9.59 Å². The van der Waals surface area contributed by atoms with E-state index in [1.54, 1.807) is 24.5 Å². The van der Waals surface area contributed by atoms with Crippen LogP contribution in [0.15, 0.2) is 47.2 Å². The Morgan fingerprint density at radius 3 is 2.09 bits per heavy atom. The normalized spacial score (nSPS) is 23.5. The fourth-order valence-corrected chi connectivity index (χ4v) is 3.41. The summed E-state index contributed by atoms with van der Waals surface area (Å²) in [5.41, 5.74) is 0.642. The standard InChI is InChI=1S/C16H13BrN4O2/c17-10-6-18-16(19-7-10)20-8-12-13(9-20)15(23)21(14(12)22)11-4-2-1-3-5-11/h1-7,12-13H,8-9H2.